The molecule has 3 atom stereocenters. The zero-order chi connectivity index (χ0) is 37.5. The third-order valence-corrected chi connectivity index (χ3v) is 13.3. The summed E-state index contributed by atoms with van der Waals surface area (Å²) >= 11 is 0. The Balaban J connectivity index is 0.756. The normalized spacial score (nSPS) is 23.5. The first-order valence-electron chi connectivity index (χ1n) is 20.5. The standard InChI is InChI=1S/C47H53N5O3/c1-32-7-18-44(46(54)48-32)52-31-37-29-39(13-16-43(37)47(52)55)51-27-25-49(26-28-51)22-19-33-20-23-50(24-21-33)38-11-8-35(9-12-38)45-41(34-5-3-2-4-6-34)15-10-36-30-40(53)14-17-42(36)45/h2-6,8-9,11-14,16-17,29-30,33,41,44-45,53H,1,7,10,15,18-28,31H2,(H,48,54)/t41-,44+,45+/m1/s1. The average molecular weight is 736 g/mol. The van der Waals surface area contributed by atoms with Gasteiger partial charge in [0.25, 0.3) is 5.91 Å². The third-order valence-electron chi connectivity index (χ3n) is 13.3. The predicted molar refractivity (Wildman–Crippen MR) is 219 cm³/mol. The van der Waals surface area contributed by atoms with Crippen molar-refractivity contribution in [3.63, 3.8) is 0 Å². The molecule has 0 radical (unpaired) electrons. The summed E-state index contributed by atoms with van der Waals surface area (Å²) in [5.74, 6) is 1.66. The van der Waals surface area contributed by atoms with Crippen molar-refractivity contribution in [1.29, 1.82) is 0 Å². The molecule has 4 aromatic carbocycles. The lowest BCUT2D eigenvalue weighted by atomic mass is 9.69. The largest absolute Gasteiger partial charge is 0.508 e. The van der Waals surface area contributed by atoms with E-state index >= 15 is 0 Å². The molecule has 0 aromatic heterocycles. The second kappa shape index (κ2) is 15.2. The van der Waals surface area contributed by atoms with Gasteiger partial charge in [0, 0.05) is 74.4 Å². The fraction of sp³-hybridized carbons (Fsp3) is 0.404. The van der Waals surface area contributed by atoms with Crippen LogP contribution in [0.5, 0.6) is 5.75 Å². The van der Waals surface area contributed by atoms with Crippen LogP contribution in [0.4, 0.5) is 11.4 Å². The molecule has 3 fully saturated rings. The molecule has 1 aliphatic carbocycles. The van der Waals surface area contributed by atoms with E-state index in [0.717, 1.165) is 81.4 Å². The van der Waals surface area contributed by atoms with Gasteiger partial charge in [-0.1, -0.05) is 55.1 Å². The molecular weight excluding hydrogens is 683 g/mol. The number of allylic oxidation sites excluding steroid dienone is 1. The molecule has 4 aromatic rings. The van der Waals surface area contributed by atoms with Crippen LogP contribution in [0.25, 0.3) is 0 Å². The van der Waals surface area contributed by atoms with Crippen LogP contribution in [0.15, 0.2) is 103 Å². The molecule has 0 saturated carbocycles. The van der Waals surface area contributed by atoms with Crippen molar-refractivity contribution in [1.82, 2.24) is 15.1 Å². The smallest absolute Gasteiger partial charge is 0.255 e. The highest BCUT2D eigenvalue weighted by Gasteiger charge is 2.38. The van der Waals surface area contributed by atoms with Crippen LogP contribution in [0, 0.1) is 5.92 Å². The molecule has 4 aliphatic heterocycles. The number of carbonyl (C=O) groups is 2. The molecule has 284 valence electrons. The number of aryl methyl sites for hydroxylation is 1. The highest BCUT2D eigenvalue weighted by atomic mass is 16.3. The Morgan fingerprint density at radius 2 is 1.45 bits per heavy atom. The number of amides is 2. The Morgan fingerprint density at radius 3 is 2.22 bits per heavy atom. The van der Waals surface area contributed by atoms with Gasteiger partial charge in [-0.25, -0.2) is 0 Å². The van der Waals surface area contributed by atoms with Crippen LogP contribution in [0.1, 0.15) is 88.5 Å². The molecule has 3 saturated heterocycles. The van der Waals surface area contributed by atoms with Gasteiger partial charge < -0.3 is 25.1 Å². The van der Waals surface area contributed by atoms with Crippen LogP contribution < -0.4 is 15.1 Å². The summed E-state index contributed by atoms with van der Waals surface area (Å²) in [4.78, 5) is 35.2. The van der Waals surface area contributed by atoms with Crippen molar-refractivity contribution < 1.29 is 14.7 Å². The van der Waals surface area contributed by atoms with Crippen molar-refractivity contribution in [3.05, 3.63) is 137 Å². The van der Waals surface area contributed by atoms with E-state index < -0.39 is 6.04 Å². The summed E-state index contributed by atoms with van der Waals surface area (Å²) in [6.07, 6.45) is 7.13. The van der Waals surface area contributed by atoms with E-state index in [1.54, 1.807) is 4.90 Å². The first-order valence-corrected chi connectivity index (χ1v) is 20.5. The number of benzene rings is 4. The summed E-state index contributed by atoms with van der Waals surface area (Å²) in [6.45, 7) is 11.8. The Bertz CT molecular complexity index is 2050. The number of piperazine rings is 1. The van der Waals surface area contributed by atoms with E-state index in [9.17, 15) is 14.7 Å². The Hall–Kier alpha value is -5.08. The van der Waals surface area contributed by atoms with Gasteiger partial charge in [-0.05, 0) is 134 Å². The molecule has 0 unspecified atom stereocenters. The minimum Gasteiger partial charge on any atom is -0.508 e. The Morgan fingerprint density at radius 1 is 0.709 bits per heavy atom. The minimum absolute atomic E-state index is 0.0377. The maximum atomic E-state index is 13.2. The first-order chi connectivity index (χ1) is 26.9. The number of nitrogens with zero attached hydrogens (tertiary/aromatic N) is 4. The van der Waals surface area contributed by atoms with Crippen LogP contribution in [-0.4, -0.2) is 78.6 Å². The number of aromatic hydroxyl groups is 1. The number of phenols is 1. The third kappa shape index (κ3) is 7.25. The van der Waals surface area contributed by atoms with Crippen LogP contribution in [0.3, 0.4) is 0 Å². The van der Waals surface area contributed by atoms with E-state index in [4.69, 9.17) is 0 Å². The van der Waals surface area contributed by atoms with Crippen molar-refractivity contribution in [3.8, 4) is 5.75 Å². The Kier molecular flexibility index (Phi) is 9.85. The van der Waals surface area contributed by atoms with E-state index in [1.165, 1.54) is 52.9 Å². The van der Waals surface area contributed by atoms with Gasteiger partial charge in [0.05, 0.1) is 0 Å². The van der Waals surface area contributed by atoms with E-state index in [0.29, 0.717) is 31.1 Å². The molecule has 4 heterocycles. The maximum absolute atomic E-state index is 13.2. The fourth-order valence-electron chi connectivity index (χ4n) is 10.1. The van der Waals surface area contributed by atoms with Crippen LogP contribution in [-0.2, 0) is 17.8 Å². The molecule has 55 heavy (non-hydrogen) atoms. The number of nitrogens with one attached hydrogen (secondary N) is 1. The molecule has 2 amide bonds. The molecule has 0 spiro atoms. The second-order valence-corrected chi connectivity index (χ2v) is 16.5. The molecule has 0 bridgehead atoms. The molecule has 9 rings (SSSR count). The second-order valence-electron chi connectivity index (χ2n) is 16.5. The molecule has 8 heteroatoms. The number of hydrogen-bond donors (Lipinski definition) is 2. The molecule has 8 nitrogen and oxygen atoms in total. The van der Waals surface area contributed by atoms with Gasteiger partial charge in [-0.2, -0.15) is 0 Å². The van der Waals surface area contributed by atoms with Crippen molar-refractivity contribution in [2.24, 2.45) is 5.92 Å². The van der Waals surface area contributed by atoms with E-state index in [-0.39, 0.29) is 17.7 Å². The molecule has 2 N–H and O–H groups in total. The fourth-order valence-corrected chi connectivity index (χ4v) is 10.1. The predicted octanol–water partition coefficient (Wildman–Crippen LogP) is 7.43. The zero-order valence-corrected chi connectivity index (χ0v) is 31.8. The number of phenolic OH excluding ortho intramolecular Hbond substituents is 1. The average Bonchev–Trinajstić information content (AvgIpc) is 3.55. The topological polar surface area (TPSA) is 79.4 Å². The van der Waals surface area contributed by atoms with Crippen LogP contribution >= 0.6 is 0 Å². The zero-order valence-electron chi connectivity index (χ0n) is 31.8. The van der Waals surface area contributed by atoms with Gasteiger partial charge in [0.1, 0.15) is 11.8 Å². The minimum atomic E-state index is -0.423. The molecule has 5 aliphatic rings. The van der Waals surface area contributed by atoms with Crippen molar-refractivity contribution >= 4 is 23.2 Å². The lowest BCUT2D eigenvalue weighted by Gasteiger charge is -2.38. The highest BCUT2D eigenvalue weighted by molar-refractivity contribution is 6.01. The summed E-state index contributed by atoms with van der Waals surface area (Å²) < 4.78 is 0. The number of rotatable bonds is 8. The summed E-state index contributed by atoms with van der Waals surface area (Å²) in [7, 11) is 0. The molecular formula is C47H53N5O3. The quantitative estimate of drug-likeness (QED) is 0.196. The highest BCUT2D eigenvalue weighted by Crippen LogP contribution is 2.47. The van der Waals surface area contributed by atoms with Gasteiger partial charge in [0.15, 0.2) is 0 Å². The number of hydrogen-bond acceptors (Lipinski definition) is 6. The number of fused-ring (bicyclic) bond motifs is 2. The van der Waals surface area contributed by atoms with Crippen molar-refractivity contribution in [2.75, 3.05) is 55.6 Å². The van der Waals surface area contributed by atoms with Gasteiger partial charge in [-0.15, -0.1) is 0 Å². The van der Waals surface area contributed by atoms with Gasteiger partial charge in [0.2, 0.25) is 5.91 Å². The lowest BCUT2D eigenvalue weighted by Crippen LogP contribution is -2.49. The summed E-state index contributed by atoms with van der Waals surface area (Å²) in [5.41, 5.74) is 10.4. The van der Waals surface area contributed by atoms with Crippen LogP contribution in [0.2, 0.25) is 0 Å². The number of anilines is 2. The first kappa shape index (κ1) is 35.6. The number of carbonyl (C=O) groups excluding carboxylic acids is 2. The van der Waals surface area contributed by atoms with Gasteiger partial charge >= 0.3 is 0 Å². The maximum Gasteiger partial charge on any atom is 0.255 e. The number of piperidine rings is 2. The van der Waals surface area contributed by atoms with E-state index in [2.05, 4.69) is 99.4 Å². The Labute approximate surface area is 325 Å². The van der Waals surface area contributed by atoms with Gasteiger partial charge in [-0.3, -0.25) is 14.5 Å². The SMILES string of the molecule is C=C1CC[C@H](N2Cc3cc(N4CCN(CCC5CCN(c6ccc([C@@H]7c8ccc(O)cc8CC[C@@H]7c7ccccc7)cc6)CC5)CC4)ccc3C2=O)C(=O)N1. The monoisotopic (exact) mass is 735 g/mol. The summed E-state index contributed by atoms with van der Waals surface area (Å²) in [5, 5.41) is 13.1. The summed E-state index contributed by atoms with van der Waals surface area (Å²) in [6, 6.07) is 32.1. The van der Waals surface area contributed by atoms with E-state index in [1.807, 2.05) is 18.2 Å². The lowest BCUT2D eigenvalue weighted by molar-refractivity contribution is -0.126. The van der Waals surface area contributed by atoms with Crippen molar-refractivity contribution in [2.45, 2.75) is 69.4 Å².